The third kappa shape index (κ3) is 11.4. The maximum atomic E-state index is 12.9. The molecule has 5 aromatic rings. The molecule has 0 bridgehead atoms. The molecule has 3 aliphatic heterocycles. The zero-order chi connectivity index (χ0) is 56.1. The molecule has 6 fully saturated rings. The molecule has 3 spiro atoms. The number of anilines is 2. The van der Waals surface area contributed by atoms with E-state index in [0.717, 1.165) is 100 Å². The van der Waals surface area contributed by atoms with Crippen LogP contribution in [-0.2, 0) is 34.3 Å². The highest BCUT2D eigenvalue weighted by atomic mass is 16.2. The van der Waals surface area contributed by atoms with Crippen LogP contribution in [-0.4, -0.2) is 127 Å². The molecule has 7 amide bonds. The Balaban J connectivity index is 0.000000147. The van der Waals surface area contributed by atoms with Gasteiger partial charge in [0.1, 0.15) is 0 Å². The van der Waals surface area contributed by atoms with Gasteiger partial charge in [-0.25, -0.2) is 14.4 Å². The first-order valence-electron chi connectivity index (χ1n) is 27.9. The fourth-order valence-electron chi connectivity index (χ4n) is 13.8. The van der Waals surface area contributed by atoms with Gasteiger partial charge in [0.2, 0.25) is 5.91 Å². The first-order chi connectivity index (χ1) is 37.9. The molecule has 11 rings (SSSR count). The van der Waals surface area contributed by atoms with E-state index in [2.05, 4.69) is 179 Å². The van der Waals surface area contributed by atoms with Crippen LogP contribution in [0, 0.1) is 11.3 Å². The van der Waals surface area contributed by atoms with Crippen LogP contribution in [0.25, 0.3) is 0 Å². The number of primary amides is 1. The fourth-order valence-corrected chi connectivity index (χ4v) is 13.8. The summed E-state index contributed by atoms with van der Waals surface area (Å²) in [5.74, 6) is -0.423. The number of hydrogen-bond acceptors (Lipinski definition) is 10. The van der Waals surface area contributed by atoms with Crippen LogP contribution in [0.1, 0.15) is 105 Å². The lowest BCUT2D eigenvalue weighted by molar-refractivity contribution is -0.117. The zero-order valence-corrected chi connectivity index (χ0v) is 46.9. The number of amides is 7. The van der Waals surface area contributed by atoms with Gasteiger partial charge in [0.05, 0.1) is 72.4 Å². The average molecular weight is 1070 g/mol. The summed E-state index contributed by atoms with van der Waals surface area (Å²) < 4.78 is 0. The van der Waals surface area contributed by atoms with Crippen molar-refractivity contribution in [3.63, 3.8) is 0 Å². The van der Waals surface area contributed by atoms with E-state index in [1.807, 2.05) is 12.1 Å². The summed E-state index contributed by atoms with van der Waals surface area (Å²) >= 11 is 0. The number of rotatable bonds is 11. The molecule has 3 aliphatic carbocycles. The van der Waals surface area contributed by atoms with Gasteiger partial charge in [-0.2, -0.15) is 5.26 Å². The normalized spacial score (nSPS) is 28.1. The molecule has 5 heterocycles. The van der Waals surface area contributed by atoms with Crippen LogP contribution in [0.2, 0.25) is 0 Å². The van der Waals surface area contributed by atoms with Gasteiger partial charge in [0.25, 0.3) is 0 Å². The quantitative estimate of drug-likeness (QED) is 0.0863. The molecule has 3 saturated heterocycles. The Kier molecular flexibility index (Phi) is 16.5. The van der Waals surface area contributed by atoms with Crippen molar-refractivity contribution >= 4 is 35.4 Å². The van der Waals surface area contributed by atoms with Gasteiger partial charge in [0.15, 0.2) is 0 Å². The van der Waals surface area contributed by atoms with Gasteiger partial charge in [-0.1, -0.05) is 91.0 Å². The second-order valence-electron chi connectivity index (χ2n) is 23.5. The van der Waals surface area contributed by atoms with Gasteiger partial charge >= 0.3 is 18.1 Å². The number of nitrogens with zero attached hydrogens (tertiary/aromatic N) is 8. The molecule has 2 aromatic heterocycles. The van der Waals surface area contributed by atoms with Gasteiger partial charge in [-0.05, 0) is 159 Å². The highest BCUT2D eigenvalue weighted by molar-refractivity contribution is 5.97. The molecule has 0 atom stereocenters. The molecule has 3 saturated carbocycles. The first kappa shape index (κ1) is 56.3. The second kappa shape index (κ2) is 23.1. The lowest BCUT2D eigenvalue weighted by atomic mass is 9.69. The number of nitrogens with one attached hydrogen (secondary N) is 4. The van der Waals surface area contributed by atoms with Gasteiger partial charge < -0.3 is 27.0 Å². The van der Waals surface area contributed by atoms with Crippen molar-refractivity contribution in [3.8, 4) is 6.07 Å². The Bertz CT molecular complexity index is 2980. The van der Waals surface area contributed by atoms with E-state index in [9.17, 15) is 19.2 Å². The van der Waals surface area contributed by atoms with Crippen molar-refractivity contribution in [1.29, 1.82) is 5.26 Å². The van der Waals surface area contributed by atoms with E-state index >= 15 is 0 Å². The monoisotopic (exact) mass is 1070 g/mol. The summed E-state index contributed by atoms with van der Waals surface area (Å²) in [4.78, 5) is 67.5. The standard InChI is InChI=1S/C23H29N5O2.C23H27N5O.C16H23N3O/c1-27(2)23(18-6-4-3-5-7-18)11-9-22(10-12-23)16-28(21(30)26-22)19-15-25-13-8-17(19)14-20(24)29;1-27(2)23(19-6-4-3-5-7-19)12-10-22(11-13-23)17-28(21(29)26-22)20-16-25-15-9-18(20)8-14-24;1-19(2)16(13-6-4-3-5-7-13)10-8-15(9-11-16)12-17-14(20)18-15/h3-8,13,15H,9-12,14,16H2,1-2H3,(H2,24,29)(H,26,30);3-7,9,15-16H,8,10-13,17H2,1-2H3,(H,26,29);3-7H,8-12H2,1-2H3,(H2,17,18,20). The van der Waals surface area contributed by atoms with E-state index in [0.29, 0.717) is 18.8 Å². The molecule has 0 radical (unpaired) electrons. The molecule has 3 aromatic carbocycles. The third-order valence-electron chi connectivity index (χ3n) is 18.7. The molecule has 79 heavy (non-hydrogen) atoms. The molecular weight excluding hydrogens is 991 g/mol. The highest BCUT2D eigenvalue weighted by Crippen LogP contribution is 2.49. The average Bonchev–Trinajstić information content (AvgIpc) is 4.29. The summed E-state index contributed by atoms with van der Waals surface area (Å²) in [7, 11) is 12.9. The summed E-state index contributed by atoms with van der Waals surface area (Å²) in [5, 5.41) is 21.7. The second-order valence-corrected chi connectivity index (χ2v) is 23.5. The minimum absolute atomic E-state index is 0.00900. The van der Waals surface area contributed by atoms with E-state index in [1.54, 1.807) is 40.7 Å². The molecule has 17 nitrogen and oxygen atoms in total. The topological polar surface area (TPSA) is 208 Å². The molecular formula is C62H79N13O4. The molecule has 0 unspecified atom stereocenters. The summed E-state index contributed by atoms with van der Waals surface area (Å²) in [5.41, 5.74) is 12.0. The minimum atomic E-state index is -0.423. The summed E-state index contributed by atoms with van der Waals surface area (Å²) in [6.07, 6.45) is 18.7. The SMILES string of the molecule is CN(C)C1(c2ccccc2)CCC2(CC1)CN(c1cnccc1CC#N)C(=O)N2.CN(C)C1(c2ccccc2)CCC2(CC1)CN(c1cnccc1CC(N)=O)C(=O)N2.CN(C)C1(c2ccccc2)CCC2(CC1)CNC(=O)N2. The van der Waals surface area contributed by atoms with Crippen molar-refractivity contribution < 1.29 is 19.2 Å². The Morgan fingerprint density at radius 3 is 1.25 bits per heavy atom. The van der Waals surface area contributed by atoms with Gasteiger partial charge in [-0.3, -0.25) is 39.3 Å². The number of pyridine rings is 2. The van der Waals surface area contributed by atoms with Crippen molar-refractivity contribution in [3.05, 3.63) is 156 Å². The molecule has 6 aliphatic rings. The zero-order valence-electron chi connectivity index (χ0n) is 46.9. The maximum Gasteiger partial charge on any atom is 0.322 e. The minimum Gasteiger partial charge on any atom is -0.369 e. The van der Waals surface area contributed by atoms with Gasteiger partial charge in [0, 0.05) is 35.6 Å². The van der Waals surface area contributed by atoms with Gasteiger partial charge in [-0.15, -0.1) is 0 Å². The van der Waals surface area contributed by atoms with Crippen LogP contribution < -0.4 is 36.8 Å². The van der Waals surface area contributed by atoms with Crippen LogP contribution in [0.4, 0.5) is 25.8 Å². The van der Waals surface area contributed by atoms with E-state index in [-0.39, 0.29) is 64.2 Å². The number of benzene rings is 3. The smallest absolute Gasteiger partial charge is 0.322 e. The Labute approximate surface area is 466 Å². The Hall–Kier alpha value is -7.39. The maximum absolute atomic E-state index is 12.9. The van der Waals surface area contributed by atoms with E-state index in [4.69, 9.17) is 11.0 Å². The third-order valence-corrected chi connectivity index (χ3v) is 18.7. The Morgan fingerprint density at radius 1 is 0.544 bits per heavy atom. The lowest BCUT2D eigenvalue weighted by Crippen LogP contribution is -2.54. The molecule has 416 valence electrons. The lowest BCUT2D eigenvalue weighted by Gasteiger charge is -2.48. The van der Waals surface area contributed by atoms with Crippen LogP contribution >= 0.6 is 0 Å². The predicted octanol–water partition coefficient (Wildman–Crippen LogP) is 7.93. The number of carbonyl (C=O) groups excluding carboxylic acids is 4. The summed E-state index contributed by atoms with van der Waals surface area (Å²) in [6, 6.07) is 37.6. The number of nitrogens with two attached hydrogens (primary N) is 1. The number of hydrogen-bond donors (Lipinski definition) is 5. The fraction of sp³-hybridized carbons (Fsp3) is 0.468. The van der Waals surface area contributed by atoms with Crippen molar-refractivity contribution in [1.82, 2.24) is 45.9 Å². The summed E-state index contributed by atoms with van der Waals surface area (Å²) in [6.45, 7) is 1.96. The number of urea groups is 3. The van der Waals surface area contributed by atoms with Crippen LogP contribution in [0.5, 0.6) is 0 Å². The molecule has 6 N–H and O–H groups in total. The number of carbonyl (C=O) groups is 4. The van der Waals surface area contributed by atoms with Crippen molar-refractivity contribution in [2.24, 2.45) is 5.73 Å². The molecule has 17 heteroatoms. The largest absolute Gasteiger partial charge is 0.369 e. The number of aromatic nitrogens is 2. The predicted molar refractivity (Wildman–Crippen MR) is 308 cm³/mol. The Morgan fingerprint density at radius 2 is 0.911 bits per heavy atom. The van der Waals surface area contributed by atoms with Crippen LogP contribution in [0.15, 0.2) is 128 Å². The highest BCUT2D eigenvalue weighted by Gasteiger charge is 2.53. The van der Waals surface area contributed by atoms with Crippen molar-refractivity contribution in [2.75, 3.05) is 71.7 Å². The number of nitriles is 1. The van der Waals surface area contributed by atoms with E-state index < -0.39 is 5.91 Å². The van der Waals surface area contributed by atoms with E-state index in [1.165, 1.54) is 16.7 Å². The van der Waals surface area contributed by atoms with Crippen LogP contribution in [0.3, 0.4) is 0 Å². The van der Waals surface area contributed by atoms with Crippen molar-refractivity contribution in [2.45, 2.75) is 123 Å². The first-order valence-corrected chi connectivity index (χ1v) is 27.9.